The van der Waals surface area contributed by atoms with E-state index in [2.05, 4.69) is 289 Å². The lowest BCUT2D eigenvalue weighted by Crippen LogP contribution is -2.77. The molecule has 0 aliphatic heterocycles. The minimum atomic E-state index is -3.15. The Balaban J connectivity index is 1.52. The summed E-state index contributed by atoms with van der Waals surface area (Å²) < 4.78 is 0. The van der Waals surface area contributed by atoms with Gasteiger partial charge in [0.25, 0.3) is 0 Å². The molecule has 0 nitrogen and oxygen atoms in total. The van der Waals surface area contributed by atoms with E-state index in [1.165, 1.54) is 85.3 Å². The standard InChI is InChI=1S/C66H70Si2/c1-63(2,3)47-31-39-53(40-32-47)67(51-23-15-13-16-24-51,54-41-33-48(34-42-54)64(4,5)6)61-57-27-19-21-29-59(57)62(60-30-22-20-28-58(60)61)68(52-25-17-14-18-26-52,55-43-35-49(36-44-55)65(7,8)9)56-45-37-50(38-46-56)66(10,11)12/h13-46H,1-12H3. The summed E-state index contributed by atoms with van der Waals surface area (Å²) in [5.74, 6) is 0. The predicted octanol–water partition coefficient (Wildman–Crippen LogP) is 11.9. The molecule has 0 heterocycles. The summed E-state index contributed by atoms with van der Waals surface area (Å²) in [6.45, 7) is 27.9. The Bertz CT molecular complexity index is 2800. The zero-order valence-electron chi connectivity index (χ0n) is 42.6. The quantitative estimate of drug-likeness (QED) is 0.0809. The zero-order valence-corrected chi connectivity index (χ0v) is 44.6. The highest BCUT2D eigenvalue weighted by Gasteiger charge is 2.48. The van der Waals surface area contributed by atoms with Crippen molar-refractivity contribution < 1.29 is 0 Å². The third kappa shape index (κ3) is 8.14. The topological polar surface area (TPSA) is 0 Å². The van der Waals surface area contributed by atoms with Crippen molar-refractivity contribution in [1.82, 2.24) is 0 Å². The number of benzene rings is 9. The van der Waals surface area contributed by atoms with Crippen LogP contribution in [0.5, 0.6) is 0 Å². The van der Waals surface area contributed by atoms with Crippen LogP contribution in [0, 0.1) is 0 Å². The van der Waals surface area contributed by atoms with E-state index < -0.39 is 16.1 Å². The van der Waals surface area contributed by atoms with Crippen LogP contribution >= 0.6 is 0 Å². The van der Waals surface area contributed by atoms with Crippen molar-refractivity contribution >= 4 is 79.2 Å². The van der Waals surface area contributed by atoms with Crippen LogP contribution in [-0.4, -0.2) is 16.1 Å². The molecule has 9 aromatic carbocycles. The highest BCUT2D eigenvalue weighted by atomic mass is 28.3. The molecular weight excluding hydrogens is 849 g/mol. The van der Waals surface area contributed by atoms with E-state index in [4.69, 9.17) is 0 Å². The fourth-order valence-corrected chi connectivity index (χ4v) is 21.3. The molecule has 0 unspecified atom stereocenters. The summed E-state index contributed by atoms with van der Waals surface area (Å²) in [5, 5.41) is 16.6. The Hall–Kier alpha value is -6.07. The molecule has 0 fully saturated rings. The first-order valence-electron chi connectivity index (χ1n) is 24.8. The number of hydrogen-bond donors (Lipinski definition) is 0. The Kier molecular flexibility index (Phi) is 12.1. The van der Waals surface area contributed by atoms with Crippen LogP contribution < -0.4 is 41.5 Å². The van der Waals surface area contributed by atoms with Gasteiger partial charge in [0.2, 0.25) is 0 Å². The third-order valence-electron chi connectivity index (χ3n) is 14.8. The van der Waals surface area contributed by atoms with Crippen LogP contribution in [0.2, 0.25) is 0 Å². The molecule has 68 heavy (non-hydrogen) atoms. The molecule has 0 amide bonds. The third-order valence-corrected chi connectivity index (χ3v) is 24.6. The van der Waals surface area contributed by atoms with Crippen molar-refractivity contribution in [2.75, 3.05) is 0 Å². The van der Waals surface area contributed by atoms with Crippen LogP contribution in [0.4, 0.5) is 0 Å². The van der Waals surface area contributed by atoms with Gasteiger partial charge in [-0.25, -0.2) is 0 Å². The van der Waals surface area contributed by atoms with Crippen LogP contribution in [-0.2, 0) is 21.7 Å². The van der Waals surface area contributed by atoms with Crippen molar-refractivity contribution in [3.8, 4) is 0 Å². The molecule has 0 aromatic heterocycles. The molecule has 0 aliphatic rings. The molecule has 0 spiro atoms. The summed E-state index contributed by atoms with van der Waals surface area (Å²) in [5.41, 5.74) is 5.47. The number of rotatable bonds is 8. The second-order valence-corrected chi connectivity index (χ2v) is 30.8. The lowest BCUT2D eigenvalue weighted by Gasteiger charge is -2.40. The van der Waals surface area contributed by atoms with Crippen molar-refractivity contribution in [1.29, 1.82) is 0 Å². The predicted molar refractivity (Wildman–Crippen MR) is 303 cm³/mol. The molecular formula is C66H70Si2. The van der Waals surface area contributed by atoms with Crippen molar-refractivity contribution in [2.45, 2.75) is 105 Å². The second-order valence-electron chi connectivity index (χ2n) is 23.4. The molecule has 342 valence electrons. The summed E-state index contributed by atoms with van der Waals surface area (Å²) in [6, 6.07) is 81.4. The molecule has 9 rings (SSSR count). The molecule has 0 bridgehead atoms. The fourth-order valence-electron chi connectivity index (χ4n) is 11.1. The summed E-state index contributed by atoms with van der Waals surface area (Å²) >= 11 is 0. The van der Waals surface area contributed by atoms with E-state index in [0.29, 0.717) is 0 Å². The maximum Gasteiger partial charge on any atom is 0.180 e. The van der Waals surface area contributed by atoms with E-state index in [0.717, 1.165) is 0 Å². The highest BCUT2D eigenvalue weighted by molar-refractivity contribution is 7.23. The first-order chi connectivity index (χ1) is 32.3. The molecule has 9 aromatic rings. The monoisotopic (exact) mass is 919 g/mol. The van der Waals surface area contributed by atoms with Crippen molar-refractivity contribution in [2.24, 2.45) is 0 Å². The Morgan fingerprint density at radius 2 is 0.382 bits per heavy atom. The summed E-state index contributed by atoms with van der Waals surface area (Å²) in [6.07, 6.45) is 0. The Morgan fingerprint density at radius 1 is 0.206 bits per heavy atom. The van der Waals surface area contributed by atoms with Gasteiger partial charge in [0, 0.05) is 0 Å². The SMILES string of the molecule is CC(C)(C)c1ccc([Si](c2ccccc2)(c2ccc(C(C)(C)C)cc2)c2c3ccccc3c([Si](c3ccccc3)(c3ccc(C(C)(C)C)cc3)c3ccc(C(C)(C)C)cc3)c3ccccc23)cc1. The largest absolute Gasteiger partial charge is 0.180 e. The van der Waals surface area contributed by atoms with Gasteiger partial charge in [-0.3, -0.25) is 0 Å². The Labute approximate surface area is 410 Å². The van der Waals surface area contributed by atoms with Gasteiger partial charge >= 0.3 is 0 Å². The van der Waals surface area contributed by atoms with Crippen molar-refractivity contribution in [3.63, 3.8) is 0 Å². The second kappa shape index (κ2) is 17.5. The minimum Gasteiger partial charge on any atom is -0.0623 e. The number of hydrogen-bond acceptors (Lipinski definition) is 0. The highest BCUT2D eigenvalue weighted by Crippen LogP contribution is 2.31. The molecule has 0 aliphatic carbocycles. The molecule has 0 N–H and O–H groups in total. The number of fused-ring (bicyclic) bond motifs is 2. The van der Waals surface area contributed by atoms with Crippen LogP contribution in [0.15, 0.2) is 206 Å². The Morgan fingerprint density at radius 3 is 0.574 bits per heavy atom. The van der Waals surface area contributed by atoms with Gasteiger partial charge in [-0.1, -0.05) is 289 Å². The van der Waals surface area contributed by atoms with Crippen LogP contribution in [0.3, 0.4) is 0 Å². The summed E-state index contributed by atoms with van der Waals surface area (Å²) in [7, 11) is -6.31. The maximum absolute atomic E-state index is 3.15. The van der Waals surface area contributed by atoms with Crippen LogP contribution in [0.25, 0.3) is 21.5 Å². The van der Waals surface area contributed by atoms with Gasteiger partial charge in [0.15, 0.2) is 16.1 Å². The van der Waals surface area contributed by atoms with Gasteiger partial charge in [-0.15, -0.1) is 0 Å². The normalized spacial score (nSPS) is 13.0. The average Bonchev–Trinajstić information content (AvgIpc) is 3.32. The smallest absolute Gasteiger partial charge is 0.0623 e. The molecule has 0 saturated heterocycles. The molecule has 0 radical (unpaired) electrons. The van der Waals surface area contributed by atoms with Gasteiger partial charge in [0.1, 0.15) is 0 Å². The average molecular weight is 919 g/mol. The van der Waals surface area contributed by atoms with E-state index >= 15 is 0 Å². The van der Waals surface area contributed by atoms with Gasteiger partial charge in [-0.2, -0.15) is 0 Å². The van der Waals surface area contributed by atoms with E-state index in [-0.39, 0.29) is 21.7 Å². The first kappa shape index (κ1) is 47.0. The maximum atomic E-state index is 2.49. The van der Waals surface area contributed by atoms with Crippen LogP contribution in [0.1, 0.15) is 105 Å². The zero-order chi connectivity index (χ0) is 48.3. The first-order valence-corrected chi connectivity index (χ1v) is 28.8. The van der Waals surface area contributed by atoms with Gasteiger partial charge in [-0.05, 0) is 107 Å². The van der Waals surface area contributed by atoms with E-state index in [1.54, 1.807) is 0 Å². The molecule has 2 heteroatoms. The van der Waals surface area contributed by atoms with Crippen molar-refractivity contribution in [3.05, 3.63) is 229 Å². The molecule has 0 saturated carbocycles. The lowest BCUT2D eigenvalue weighted by molar-refractivity contribution is 0.590. The van der Waals surface area contributed by atoms with E-state index in [1.807, 2.05) is 0 Å². The fraction of sp³-hybridized carbons (Fsp3) is 0.242. The van der Waals surface area contributed by atoms with Gasteiger partial charge < -0.3 is 0 Å². The minimum absolute atomic E-state index is 0.0203. The summed E-state index contributed by atoms with van der Waals surface area (Å²) in [4.78, 5) is 0. The van der Waals surface area contributed by atoms with Gasteiger partial charge in [0.05, 0.1) is 0 Å². The van der Waals surface area contributed by atoms with E-state index in [9.17, 15) is 0 Å². The molecule has 0 atom stereocenters. The lowest BCUT2D eigenvalue weighted by atomic mass is 9.87.